The van der Waals surface area contributed by atoms with Gasteiger partial charge in [-0.3, -0.25) is 14.9 Å². The number of rotatable bonds is 9. The van der Waals surface area contributed by atoms with Gasteiger partial charge in [0.05, 0.1) is 11.3 Å². The first-order valence-corrected chi connectivity index (χ1v) is 8.28. The number of nitro benzene ring substituents is 1. The highest BCUT2D eigenvalue weighted by Crippen LogP contribution is 2.28. The molecule has 0 bridgehead atoms. The number of carbonyl (C=O) groups excluding carboxylic acids is 1. The maximum atomic E-state index is 12.2. The van der Waals surface area contributed by atoms with E-state index in [1.54, 1.807) is 18.3 Å². The molecule has 1 aliphatic rings. The summed E-state index contributed by atoms with van der Waals surface area (Å²) < 4.78 is 7.04. The maximum Gasteiger partial charge on any atom is 0.294 e. The number of hydrogen-bond donors (Lipinski definition) is 1. The molecule has 2 aromatic rings. The molecular formula is C17H20N4O4. The second-order valence-corrected chi connectivity index (χ2v) is 6.06. The summed E-state index contributed by atoms with van der Waals surface area (Å²) in [7, 11) is 0. The van der Waals surface area contributed by atoms with Gasteiger partial charge in [0.25, 0.3) is 11.6 Å². The minimum atomic E-state index is -0.502. The summed E-state index contributed by atoms with van der Waals surface area (Å²) in [6.45, 7) is 1.88. The first kappa shape index (κ1) is 17.1. The lowest BCUT2D eigenvalue weighted by Gasteiger charge is -2.08. The summed E-state index contributed by atoms with van der Waals surface area (Å²) >= 11 is 0. The van der Waals surface area contributed by atoms with E-state index < -0.39 is 4.92 Å². The summed E-state index contributed by atoms with van der Waals surface area (Å²) in [6.07, 6.45) is 7.85. The van der Waals surface area contributed by atoms with E-state index >= 15 is 0 Å². The second kappa shape index (κ2) is 7.89. The molecule has 8 nitrogen and oxygen atoms in total. The Morgan fingerprint density at radius 1 is 1.44 bits per heavy atom. The molecule has 1 aromatic carbocycles. The number of carbonyl (C=O) groups is 1. The van der Waals surface area contributed by atoms with Crippen LogP contribution >= 0.6 is 0 Å². The summed E-state index contributed by atoms with van der Waals surface area (Å²) in [6, 6.07) is 4.41. The zero-order valence-corrected chi connectivity index (χ0v) is 13.8. The average molecular weight is 344 g/mol. The van der Waals surface area contributed by atoms with Crippen molar-refractivity contribution in [3.05, 3.63) is 52.6 Å². The topological polar surface area (TPSA) is 99.3 Å². The van der Waals surface area contributed by atoms with Gasteiger partial charge in [-0.05, 0) is 37.3 Å². The molecule has 8 heteroatoms. The number of hydrogen-bond acceptors (Lipinski definition) is 5. The van der Waals surface area contributed by atoms with Crippen molar-refractivity contribution in [3.63, 3.8) is 0 Å². The van der Waals surface area contributed by atoms with Gasteiger partial charge in [0, 0.05) is 43.8 Å². The van der Waals surface area contributed by atoms with Crippen molar-refractivity contribution in [1.82, 2.24) is 14.9 Å². The average Bonchev–Trinajstić information content (AvgIpc) is 3.27. The fourth-order valence-corrected chi connectivity index (χ4v) is 2.44. The molecule has 132 valence electrons. The zero-order chi connectivity index (χ0) is 17.6. The Labute approximate surface area is 145 Å². The van der Waals surface area contributed by atoms with E-state index in [-0.39, 0.29) is 17.2 Å². The highest BCUT2D eigenvalue weighted by Gasteiger charge is 2.21. The van der Waals surface area contributed by atoms with Crippen LogP contribution in [0.4, 0.5) is 5.69 Å². The number of benzene rings is 1. The molecule has 3 rings (SSSR count). The van der Waals surface area contributed by atoms with Gasteiger partial charge in [-0.15, -0.1) is 0 Å². The lowest BCUT2D eigenvalue weighted by atomic mass is 10.1. The van der Waals surface area contributed by atoms with Crippen LogP contribution in [-0.2, 0) is 4.74 Å². The normalized spacial score (nSPS) is 13.6. The minimum absolute atomic E-state index is 0.140. The molecule has 1 heterocycles. The molecule has 1 fully saturated rings. The second-order valence-electron chi connectivity index (χ2n) is 6.06. The van der Waals surface area contributed by atoms with E-state index in [4.69, 9.17) is 4.74 Å². The quantitative estimate of drug-likeness (QED) is 0.427. The van der Waals surface area contributed by atoms with Crippen molar-refractivity contribution in [2.75, 3.05) is 19.8 Å². The van der Waals surface area contributed by atoms with Crippen LogP contribution in [0.5, 0.6) is 0 Å². The zero-order valence-electron chi connectivity index (χ0n) is 13.8. The Morgan fingerprint density at radius 2 is 2.28 bits per heavy atom. The van der Waals surface area contributed by atoms with Crippen molar-refractivity contribution in [2.45, 2.75) is 19.3 Å². The SMILES string of the molecule is O=C(NCCCOCC1CC1)c1ccc(-n2ccnc2)c([N+](=O)[O-])c1. The van der Waals surface area contributed by atoms with Crippen LogP contribution in [0.15, 0.2) is 36.9 Å². The number of amides is 1. The Kier molecular flexibility index (Phi) is 5.39. The third-order valence-electron chi connectivity index (χ3n) is 4.02. The van der Waals surface area contributed by atoms with Crippen molar-refractivity contribution in [2.24, 2.45) is 5.92 Å². The van der Waals surface area contributed by atoms with Crippen LogP contribution in [0.25, 0.3) is 5.69 Å². The van der Waals surface area contributed by atoms with Crippen molar-refractivity contribution < 1.29 is 14.5 Å². The van der Waals surface area contributed by atoms with Gasteiger partial charge >= 0.3 is 0 Å². The molecule has 0 atom stereocenters. The molecule has 1 aromatic heterocycles. The summed E-state index contributed by atoms with van der Waals surface area (Å²) in [4.78, 5) is 26.9. The van der Waals surface area contributed by atoms with E-state index in [0.29, 0.717) is 25.3 Å². The summed E-state index contributed by atoms with van der Waals surface area (Å²) in [5.41, 5.74) is 0.486. The number of imidazole rings is 1. The van der Waals surface area contributed by atoms with Crippen LogP contribution in [-0.4, -0.2) is 40.1 Å². The highest BCUT2D eigenvalue weighted by atomic mass is 16.6. The van der Waals surface area contributed by atoms with Crippen LogP contribution in [0.2, 0.25) is 0 Å². The monoisotopic (exact) mass is 344 g/mol. The minimum Gasteiger partial charge on any atom is -0.381 e. The number of nitro groups is 1. The van der Waals surface area contributed by atoms with Crippen LogP contribution < -0.4 is 5.32 Å². The van der Waals surface area contributed by atoms with Gasteiger partial charge in [-0.2, -0.15) is 0 Å². The standard InChI is InChI=1S/C17H20N4O4/c22-17(19-6-1-9-25-11-13-2-3-13)14-4-5-15(16(10-14)21(23)24)20-8-7-18-12-20/h4-5,7-8,10,12-13H,1-3,6,9,11H2,(H,19,22). The Morgan fingerprint density at radius 3 is 2.96 bits per heavy atom. The predicted octanol–water partition coefficient (Wildman–Crippen LogP) is 2.33. The fraction of sp³-hybridized carbons (Fsp3) is 0.412. The fourth-order valence-electron chi connectivity index (χ4n) is 2.44. The van der Waals surface area contributed by atoms with Crippen LogP contribution in [0.3, 0.4) is 0 Å². The third-order valence-corrected chi connectivity index (χ3v) is 4.02. The summed E-state index contributed by atoms with van der Waals surface area (Å²) in [5, 5.41) is 14.1. The Balaban J connectivity index is 1.56. The van der Waals surface area contributed by atoms with Gasteiger partial charge < -0.3 is 14.6 Å². The lowest BCUT2D eigenvalue weighted by Crippen LogP contribution is -2.25. The molecule has 0 spiro atoms. The van der Waals surface area contributed by atoms with E-state index in [1.165, 1.54) is 36.0 Å². The number of aromatic nitrogens is 2. The Bertz CT molecular complexity index is 741. The lowest BCUT2D eigenvalue weighted by molar-refractivity contribution is -0.384. The molecule has 25 heavy (non-hydrogen) atoms. The molecule has 1 aliphatic carbocycles. The van der Waals surface area contributed by atoms with E-state index in [1.807, 2.05) is 0 Å². The highest BCUT2D eigenvalue weighted by molar-refractivity contribution is 5.95. The molecule has 1 amide bonds. The van der Waals surface area contributed by atoms with Crippen molar-refractivity contribution in [1.29, 1.82) is 0 Å². The molecule has 0 radical (unpaired) electrons. The maximum absolute atomic E-state index is 12.2. The van der Waals surface area contributed by atoms with E-state index in [9.17, 15) is 14.9 Å². The van der Waals surface area contributed by atoms with E-state index in [2.05, 4.69) is 10.3 Å². The predicted molar refractivity (Wildman–Crippen MR) is 90.7 cm³/mol. The Hall–Kier alpha value is -2.74. The number of ether oxygens (including phenoxy) is 1. The number of nitrogens with zero attached hydrogens (tertiary/aromatic N) is 3. The molecule has 0 aliphatic heterocycles. The molecule has 0 unspecified atom stereocenters. The molecule has 1 N–H and O–H groups in total. The molecular weight excluding hydrogens is 324 g/mol. The first-order chi connectivity index (χ1) is 12.1. The van der Waals surface area contributed by atoms with Crippen molar-refractivity contribution >= 4 is 11.6 Å². The van der Waals surface area contributed by atoms with Crippen LogP contribution in [0.1, 0.15) is 29.6 Å². The molecule has 1 saturated carbocycles. The van der Waals surface area contributed by atoms with Crippen molar-refractivity contribution in [3.8, 4) is 5.69 Å². The van der Waals surface area contributed by atoms with Gasteiger partial charge in [-0.1, -0.05) is 0 Å². The van der Waals surface area contributed by atoms with Crippen LogP contribution in [0, 0.1) is 16.0 Å². The van der Waals surface area contributed by atoms with Gasteiger partial charge in [0.2, 0.25) is 0 Å². The first-order valence-electron chi connectivity index (χ1n) is 8.28. The van der Waals surface area contributed by atoms with Gasteiger partial charge in [0.1, 0.15) is 5.69 Å². The summed E-state index contributed by atoms with van der Waals surface area (Å²) in [5.74, 6) is 0.395. The van der Waals surface area contributed by atoms with Gasteiger partial charge in [-0.25, -0.2) is 4.98 Å². The van der Waals surface area contributed by atoms with Gasteiger partial charge in [0.15, 0.2) is 0 Å². The van der Waals surface area contributed by atoms with E-state index in [0.717, 1.165) is 12.5 Å². The third kappa shape index (κ3) is 4.63. The largest absolute Gasteiger partial charge is 0.381 e. The number of nitrogens with one attached hydrogen (secondary N) is 1. The molecule has 0 saturated heterocycles. The smallest absolute Gasteiger partial charge is 0.294 e.